The fourth-order valence-corrected chi connectivity index (χ4v) is 3.21. The lowest BCUT2D eigenvalue weighted by Crippen LogP contribution is -2.50. The van der Waals surface area contributed by atoms with Gasteiger partial charge in [0.05, 0.1) is 18.8 Å². The Hall–Kier alpha value is -1.40. The van der Waals surface area contributed by atoms with Gasteiger partial charge in [-0.15, -0.1) is 0 Å². The predicted molar refractivity (Wildman–Crippen MR) is 83.2 cm³/mol. The van der Waals surface area contributed by atoms with Crippen LogP contribution in [-0.2, 0) is 17.9 Å². The zero-order valence-electron chi connectivity index (χ0n) is 13.4. The van der Waals surface area contributed by atoms with Crippen LogP contribution in [0.25, 0.3) is 0 Å². The minimum absolute atomic E-state index is 0.114. The van der Waals surface area contributed by atoms with Gasteiger partial charge in [-0.2, -0.15) is 5.10 Å². The third-order valence-corrected chi connectivity index (χ3v) is 4.91. The number of aliphatic hydroxyl groups is 1. The highest BCUT2D eigenvalue weighted by Gasteiger charge is 2.31. The van der Waals surface area contributed by atoms with Crippen molar-refractivity contribution >= 4 is 5.91 Å². The number of nitrogens with zero attached hydrogens (tertiary/aromatic N) is 4. The molecular weight excluding hydrogens is 280 g/mol. The van der Waals surface area contributed by atoms with E-state index in [2.05, 4.69) is 10.00 Å². The van der Waals surface area contributed by atoms with Gasteiger partial charge in [-0.1, -0.05) is 6.42 Å². The second-order valence-corrected chi connectivity index (χ2v) is 6.46. The number of aliphatic hydroxyl groups excluding tert-OH is 1. The Morgan fingerprint density at radius 3 is 2.64 bits per heavy atom. The molecule has 0 atom stereocenters. The minimum Gasteiger partial charge on any atom is -0.394 e. The van der Waals surface area contributed by atoms with Gasteiger partial charge >= 0.3 is 0 Å². The van der Waals surface area contributed by atoms with Crippen LogP contribution in [0.15, 0.2) is 6.20 Å². The zero-order valence-corrected chi connectivity index (χ0v) is 13.4. The van der Waals surface area contributed by atoms with Crippen LogP contribution in [0.3, 0.4) is 0 Å². The van der Waals surface area contributed by atoms with Crippen molar-refractivity contribution in [1.29, 1.82) is 0 Å². The molecule has 1 aliphatic carbocycles. The Morgan fingerprint density at radius 2 is 2.05 bits per heavy atom. The fourth-order valence-electron chi connectivity index (χ4n) is 3.21. The highest BCUT2D eigenvalue weighted by atomic mass is 16.3. The molecule has 0 unspecified atom stereocenters. The molecule has 1 N–H and O–H groups in total. The standard InChI is InChI=1S/C16H26N4O2/c1-13-15(12-20(17-13)9-10-21)11-18-5-7-19(8-6-18)16(22)14-3-2-4-14/h12,14,21H,2-11H2,1H3. The molecule has 0 spiro atoms. The Balaban J connectivity index is 1.50. The van der Waals surface area contributed by atoms with E-state index in [0.29, 0.717) is 18.4 Å². The number of rotatable bonds is 5. The molecule has 0 aromatic carbocycles. The van der Waals surface area contributed by atoms with Crippen molar-refractivity contribution in [3.05, 3.63) is 17.5 Å². The number of hydrogen-bond donors (Lipinski definition) is 1. The van der Waals surface area contributed by atoms with Crippen LogP contribution in [0.5, 0.6) is 0 Å². The molecule has 122 valence electrons. The second-order valence-electron chi connectivity index (χ2n) is 6.46. The van der Waals surface area contributed by atoms with Crippen LogP contribution in [0.2, 0.25) is 0 Å². The highest BCUT2D eigenvalue weighted by molar-refractivity contribution is 5.79. The Bertz CT molecular complexity index is 516. The van der Waals surface area contributed by atoms with Gasteiger partial charge in [0.1, 0.15) is 0 Å². The number of carbonyl (C=O) groups is 1. The molecule has 1 aliphatic heterocycles. The molecule has 0 radical (unpaired) electrons. The van der Waals surface area contributed by atoms with Gasteiger partial charge in [0, 0.05) is 50.4 Å². The van der Waals surface area contributed by atoms with Gasteiger partial charge in [-0.25, -0.2) is 0 Å². The van der Waals surface area contributed by atoms with Crippen molar-refractivity contribution in [3.8, 4) is 0 Å². The van der Waals surface area contributed by atoms with E-state index in [9.17, 15) is 4.79 Å². The number of aryl methyl sites for hydroxylation is 1. The number of aromatic nitrogens is 2. The molecule has 2 fully saturated rings. The topological polar surface area (TPSA) is 61.6 Å². The number of hydrogen-bond acceptors (Lipinski definition) is 4. The van der Waals surface area contributed by atoms with Crippen molar-refractivity contribution in [2.45, 2.75) is 39.3 Å². The van der Waals surface area contributed by atoms with Crippen molar-refractivity contribution in [1.82, 2.24) is 19.6 Å². The highest BCUT2D eigenvalue weighted by Crippen LogP contribution is 2.28. The molecule has 22 heavy (non-hydrogen) atoms. The average Bonchev–Trinajstić information content (AvgIpc) is 2.78. The van der Waals surface area contributed by atoms with Crippen LogP contribution >= 0.6 is 0 Å². The van der Waals surface area contributed by atoms with Gasteiger partial charge in [0.15, 0.2) is 0 Å². The maximum atomic E-state index is 12.2. The van der Waals surface area contributed by atoms with Crippen LogP contribution in [0.4, 0.5) is 0 Å². The van der Waals surface area contributed by atoms with E-state index in [0.717, 1.165) is 51.3 Å². The van der Waals surface area contributed by atoms with Gasteiger partial charge in [-0.3, -0.25) is 14.4 Å². The first-order valence-electron chi connectivity index (χ1n) is 8.32. The van der Waals surface area contributed by atoms with Crippen molar-refractivity contribution in [2.75, 3.05) is 32.8 Å². The van der Waals surface area contributed by atoms with E-state index in [1.165, 1.54) is 12.0 Å². The Morgan fingerprint density at radius 1 is 1.32 bits per heavy atom. The molecule has 6 nitrogen and oxygen atoms in total. The van der Waals surface area contributed by atoms with Gasteiger partial charge in [0.25, 0.3) is 0 Å². The average molecular weight is 306 g/mol. The summed E-state index contributed by atoms with van der Waals surface area (Å²) in [4.78, 5) is 16.7. The lowest BCUT2D eigenvalue weighted by atomic mass is 9.84. The maximum Gasteiger partial charge on any atom is 0.225 e. The Kier molecular flexibility index (Phi) is 4.78. The molecule has 1 amide bonds. The van der Waals surface area contributed by atoms with E-state index in [-0.39, 0.29) is 6.61 Å². The molecular formula is C16H26N4O2. The number of piperazine rings is 1. The normalized spacial score (nSPS) is 20.2. The quantitative estimate of drug-likeness (QED) is 0.867. The van der Waals surface area contributed by atoms with E-state index in [1.807, 2.05) is 18.0 Å². The van der Waals surface area contributed by atoms with E-state index < -0.39 is 0 Å². The van der Waals surface area contributed by atoms with Crippen LogP contribution in [0.1, 0.15) is 30.5 Å². The summed E-state index contributed by atoms with van der Waals surface area (Å²) in [5.41, 5.74) is 2.24. The number of carbonyl (C=O) groups excluding carboxylic acids is 1. The first-order chi connectivity index (χ1) is 10.7. The largest absolute Gasteiger partial charge is 0.394 e. The molecule has 3 rings (SSSR count). The monoisotopic (exact) mass is 306 g/mol. The third kappa shape index (κ3) is 3.33. The molecule has 1 aromatic heterocycles. The van der Waals surface area contributed by atoms with Crippen molar-refractivity contribution in [3.63, 3.8) is 0 Å². The SMILES string of the molecule is Cc1nn(CCO)cc1CN1CCN(C(=O)C2CCC2)CC1. The van der Waals surface area contributed by atoms with E-state index >= 15 is 0 Å². The van der Waals surface area contributed by atoms with Crippen LogP contribution < -0.4 is 0 Å². The summed E-state index contributed by atoms with van der Waals surface area (Å²) in [5, 5.41) is 13.4. The first-order valence-corrected chi connectivity index (χ1v) is 8.32. The molecule has 2 aliphatic rings. The third-order valence-electron chi connectivity index (χ3n) is 4.91. The maximum absolute atomic E-state index is 12.2. The van der Waals surface area contributed by atoms with Gasteiger partial charge < -0.3 is 10.0 Å². The number of amides is 1. The van der Waals surface area contributed by atoms with Gasteiger partial charge in [0.2, 0.25) is 5.91 Å². The van der Waals surface area contributed by atoms with Crippen molar-refractivity contribution < 1.29 is 9.90 Å². The summed E-state index contributed by atoms with van der Waals surface area (Å²) in [6.45, 7) is 7.11. The lowest BCUT2D eigenvalue weighted by Gasteiger charge is -2.38. The van der Waals surface area contributed by atoms with E-state index in [1.54, 1.807) is 4.68 Å². The summed E-state index contributed by atoms with van der Waals surface area (Å²) in [7, 11) is 0. The predicted octanol–water partition coefficient (Wildman–Crippen LogP) is 0.628. The summed E-state index contributed by atoms with van der Waals surface area (Å²) >= 11 is 0. The smallest absolute Gasteiger partial charge is 0.225 e. The molecule has 1 aromatic rings. The first kappa shape index (κ1) is 15.5. The Labute approximate surface area is 131 Å². The van der Waals surface area contributed by atoms with E-state index in [4.69, 9.17) is 5.11 Å². The molecule has 2 heterocycles. The van der Waals surface area contributed by atoms with Crippen LogP contribution in [-0.4, -0.2) is 63.4 Å². The fraction of sp³-hybridized carbons (Fsp3) is 0.750. The molecule has 1 saturated heterocycles. The lowest BCUT2D eigenvalue weighted by molar-refractivity contribution is -0.140. The van der Waals surface area contributed by atoms with Crippen LogP contribution in [0, 0.1) is 12.8 Å². The summed E-state index contributed by atoms with van der Waals surface area (Å²) < 4.78 is 1.81. The summed E-state index contributed by atoms with van der Waals surface area (Å²) in [6.07, 6.45) is 5.41. The summed E-state index contributed by atoms with van der Waals surface area (Å²) in [5.74, 6) is 0.684. The molecule has 1 saturated carbocycles. The molecule has 0 bridgehead atoms. The second kappa shape index (κ2) is 6.79. The van der Waals surface area contributed by atoms with Gasteiger partial charge in [-0.05, 0) is 19.8 Å². The molecule has 6 heteroatoms. The summed E-state index contributed by atoms with van der Waals surface area (Å²) in [6, 6.07) is 0. The van der Waals surface area contributed by atoms with Crippen molar-refractivity contribution in [2.24, 2.45) is 5.92 Å². The minimum atomic E-state index is 0.114. The zero-order chi connectivity index (χ0) is 15.5.